The van der Waals surface area contributed by atoms with Crippen LogP contribution in [0.1, 0.15) is 5.56 Å². The van der Waals surface area contributed by atoms with Crippen molar-refractivity contribution in [3.8, 4) is 0 Å². The number of anilines is 1. The van der Waals surface area contributed by atoms with Gasteiger partial charge in [-0.05, 0) is 36.7 Å². The lowest BCUT2D eigenvalue weighted by Gasteiger charge is -2.36. The van der Waals surface area contributed by atoms with Gasteiger partial charge >= 0.3 is 0 Å². The molecule has 3 heterocycles. The van der Waals surface area contributed by atoms with Crippen molar-refractivity contribution in [3.05, 3.63) is 78.7 Å². The molecule has 1 N–H and O–H groups in total. The van der Waals surface area contributed by atoms with E-state index >= 15 is 0 Å². The third kappa shape index (κ3) is 4.85. The van der Waals surface area contributed by atoms with Crippen LogP contribution in [0.15, 0.2) is 78.0 Å². The van der Waals surface area contributed by atoms with Crippen LogP contribution >= 0.6 is 0 Å². The predicted molar refractivity (Wildman–Crippen MR) is 128 cm³/mol. The van der Waals surface area contributed by atoms with Gasteiger partial charge in [-0.25, -0.2) is 13.4 Å². The molecule has 1 aromatic heterocycles. The van der Waals surface area contributed by atoms with E-state index in [1.165, 1.54) is 12.3 Å². The minimum atomic E-state index is -3.67. The number of piperazine rings is 1. The van der Waals surface area contributed by atoms with E-state index in [4.69, 9.17) is 0 Å². The summed E-state index contributed by atoms with van der Waals surface area (Å²) in [6.07, 6.45) is 6.14. The third-order valence-electron chi connectivity index (χ3n) is 6.14. The number of hydrazine groups is 1. The quantitative estimate of drug-likeness (QED) is 0.463. The lowest BCUT2D eigenvalue weighted by Crippen LogP contribution is -2.50. The number of nitrogens with zero attached hydrogens (tertiary/aromatic N) is 4. The minimum Gasteiger partial charge on any atom is -0.304 e. The molecule has 1 aromatic carbocycles. The Balaban J connectivity index is 1.49. The number of likely N-dealkylation sites (N-methyl/N-ethyl adjacent to an activating group) is 1. The number of pyridine rings is 1. The fourth-order valence-electron chi connectivity index (χ4n) is 4.20. The van der Waals surface area contributed by atoms with Crippen LogP contribution in [0.25, 0.3) is 0 Å². The second-order valence-corrected chi connectivity index (χ2v) is 10.4. The second-order valence-electron chi connectivity index (χ2n) is 8.32. The molecule has 0 saturated carbocycles. The van der Waals surface area contributed by atoms with Crippen LogP contribution in [0.3, 0.4) is 0 Å². The Morgan fingerprint density at radius 3 is 2.48 bits per heavy atom. The molecule has 2 aromatic rings. The van der Waals surface area contributed by atoms with Gasteiger partial charge in [-0.3, -0.25) is 9.91 Å². The molecule has 2 aliphatic rings. The summed E-state index contributed by atoms with van der Waals surface area (Å²) in [6.45, 7) is 6.71. The van der Waals surface area contributed by atoms with Gasteiger partial charge in [0.15, 0.2) is 9.84 Å². The smallest absolute Gasteiger partial charge is 0.199 e. The Morgan fingerprint density at radius 2 is 1.88 bits per heavy atom. The summed E-state index contributed by atoms with van der Waals surface area (Å²) in [5, 5.41) is 0.846. The van der Waals surface area contributed by atoms with E-state index < -0.39 is 21.3 Å². The van der Waals surface area contributed by atoms with Crippen LogP contribution in [0.2, 0.25) is 0 Å². The van der Waals surface area contributed by atoms with Gasteiger partial charge in [0.1, 0.15) is 23.5 Å². The molecule has 2 aliphatic heterocycles. The first-order valence-corrected chi connectivity index (χ1v) is 12.5. The average molecular weight is 468 g/mol. The number of carbonyl (C=O) groups excluding carboxylic acids is 1. The number of nitrogens with one attached hydrogen (secondary N) is 1. The SMILES string of the molecule is C=CC(N1CCN(C)CC1)S(=O)(=O)c1ccc(N2NC=C(Cc3ccccc3)C2C=O)nc1. The molecule has 0 radical (unpaired) electrons. The highest BCUT2D eigenvalue weighted by molar-refractivity contribution is 7.92. The third-order valence-corrected chi connectivity index (χ3v) is 8.17. The first kappa shape index (κ1) is 23.2. The van der Waals surface area contributed by atoms with Gasteiger partial charge in [-0.1, -0.05) is 36.4 Å². The number of hydrogen-bond acceptors (Lipinski definition) is 8. The standard InChI is InChI=1S/C24H29N5O3S/c1-3-24(28-13-11-27(2)12-14-28)33(31,32)21-9-10-23(25-17-21)29-22(18-30)20(16-26-29)15-19-7-5-4-6-8-19/h3-10,16-18,22,24,26H,1,11-15H2,2H3. The van der Waals surface area contributed by atoms with Gasteiger partial charge in [-0.15, -0.1) is 6.58 Å². The van der Waals surface area contributed by atoms with E-state index in [0.717, 1.165) is 30.5 Å². The zero-order valence-corrected chi connectivity index (χ0v) is 19.5. The van der Waals surface area contributed by atoms with Crippen LogP contribution in [-0.2, 0) is 21.1 Å². The maximum absolute atomic E-state index is 13.3. The summed E-state index contributed by atoms with van der Waals surface area (Å²) in [5.41, 5.74) is 5.11. The first-order valence-electron chi connectivity index (χ1n) is 10.9. The van der Waals surface area contributed by atoms with E-state index in [1.54, 1.807) is 23.3 Å². The Labute approximate surface area is 195 Å². The molecule has 0 bridgehead atoms. The van der Waals surface area contributed by atoms with E-state index in [1.807, 2.05) is 42.3 Å². The van der Waals surface area contributed by atoms with Crippen molar-refractivity contribution in [3.63, 3.8) is 0 Å². The van der Waals surface area contributed by atoms with Gasteiger partial charge in [-0.2, -0.15) is 0 Å². The summed E-state index contributed by atoms with van der Waals surface area (Å²) < 4.78 is 26.6. The molecule has 2 unspecified atom stereocenters. The number of hydrogen-bond donors (Lipinski definition) is 1. The zero-order chi connectivity index (χ0) is 23.4. The lowest BCUT2D eigenvalue weighted by molar-refractivity contribution is -0.108. The molecule has 4 rings (SSSR count). The number of benzene rings is 1. The maximum Gasteiger partial charge on any atom is 0.199 e. The molecule has 2 atom stereocenters. The zero-order valence-electron chi connectivity index (χ0n) is 18.7. The number of sulfone groups is 1. The van der Waals surface area contributed by atoms with Gasteiger partial charge in [0.05, 0.1) is 4.90 Å². The number of aromatic nitrogens is 1. The van der Waals surface area contributed by atoms with Crippen molar-refractivity contribution < 1.29 is 13.2 Å². The van der Waals surface area contributed by atoms with Gasteiger partial charge in [0, 0.05) is 38.6 Å². The predicted octanol–water partition coefficient (Wildman–Crippen LogP) is 1.63. The van der Waals surface area contributed by atoms with E-state index in [2.05, 4.69) is 21.9 Å². The fraction of sp³-hybridized carbons (Fsp3) is 0.333. The number of rotatable bonds is 8. The topological polar surface area (TPSA) is 85.9 Å². The largest absolute Gasteiger partial charge is 0.304 e. The van der Waals surface area contributed by atoms with Gasteiger partial charge < -0.3 is 15.1 Å². The highest BCUT2D eigenvalue weighted by atomic mass is 32.2. The molecule has 1 fully saturated rings. The molecule has 33 heavy (non-hydrogen) atoms. The Bertz CT molecular complexity index is 1110. The van der Waals surface area contributed by atoms with Crippen molar-refractivity contribution in [2.45, 2.75) is 22.7 Å². The summed E-state index contributed by atoms with van der Waals surface area (Å²) in [7, 11) is -1.65. The number of carbonyl (C=O) groups is 1. The molecule has 174 valence electrons. The summed E-state index contributed by atoms with van der Waals surface area (Å²) in [4.78, 5) is 20.5. The summed E-state index contributed by atoms with van der Waals surface area (Å²) in [5.74, 6) is 0.472. The first-order chi connectivity index (χ1) is 15.9. The van der Waals surface area contributed by atoms with E-state index in [9.17, 15) is 13.2 Å². The van der Waals surface area contributed by atoms with Crippen molar-refractivity contribution in [1.29, 1.82) is 0 Å². The second kappa shape index (κ2) is 9.86. The normalized spacial score (nSPS) is 20.7. The molecule has 0 amide bonds. The molecule has 0 aliphatic carbocycles. The monoisotopic (exact) mass is 467 g/mol. The average Bonchev–Trinajstić information content (AvgIpc) is 3.24. The highest BCUT2D eigenvalue weighted by Crippen LogP contribution is 2.26. The van der Waals surface area contributed by atoms with E-state index in [0.29, 0.717) is 25.3 Å². The molecule has 0 spiro atoms. The Kier molecular flexibility index (Phi) is 6.92. The van der Waals surface area contributed by atoms with Gasteiger partial charge in [0.2, 0.25) is 0 Å². The lowest BCUT2D eigenvalue weighted by atomic mass is 10.0. The molecule has 8 nitrogen and oxygen atoms in total. The van der Waals surface area contributed by atoms with Crippen molar-refractivity contribution in [1.82, 2.24) is 20.2 Å². The Morgan fingerprint density at radius 1 is 1.15 bits per heavy atom. The Hall–Kier alpha value is -3.01. The van der Waals surface area contributed by atoms with Gasteiger partial charge in [0.25, 0.3) is 0 Å². The number of aldehydes is 1. The highest BCUT2D eigenvalue weighted by Gasteiger charge is 2.33. The molecule has 1 saturated heterocycles. The van der Waals surface area contributed by atoms with Crippen LogP contribution in [0.4, 0.5) is 5.82 Å². The van der Waals surface area contributed by atoms with Crippen LogP contribution in [0, 0.1) is 0 Å². The van der Waals surface area contributed by atoms with Crippen LogP contribution in [0.5, 0.6) is 0 Å². The van der Waals surface area contributed by atoms with Crippen LogP contribution < -0.4 is 10.4 Å². The van der Waals surface area contributed by atoms with Crippen LogP contribution in [-0.4, -0.2) is 74.1 Å². The summed E-state index contributed by atoms with van der Waals surface area (Å²) in [6, 6.07) is 12.6. The fourth-order valence-corrected chi connectivity index (χ4v) is 5.79. The molecular formula is C24H29N5O3S. The summed E-state index contributed by atoms with van der Waals surface area (Å²) >= 11 is 0. The van der Waals surface area contributed by atoms with Crippen molar-refractivity contribution in [2.24, 2.45) is 0 Å². The van der Waals surface area contributed by atoms with E-state index in [-0.39, 0.29) is 4.90 Å². The van der Waals surface area contributed by atoms with Crippen molar-refractivity contribution in [2.75, 3.05) is 38.2 Å². The minimum absolute atomic E-state index is 0.134. The maximum atomic E-state index is 13.3. The van der Waals surface area contributed by atoms with Crippen molar-refractivity contribution >= 4 is 21.9 Å². The molecule has 9 heteroatoms. The molecular weight excluding hydrogens is 438 g/mol.